The smallest absolute Gasteiger partial charge is 0.232 e. The molecule has 0 bridgehead atoms. The molecule has 1 fully saturated rings. The van der Waals surface area contributed by atoms with Crippen molar-refractivity contribution in [3.05, 3.63) is 0 Å². The van der Waals surface area contributed by atoms with Crippen molar-refractivity contribution < 1.29 is 0 Å². The first kappa shape index (κ1) is 14.8. The van der Waals surface area contributed by atoms with Gasteiger partial charge in [0, 0.05) is 33.2 Å². The molecule has 1 aliphatic rings. The van der Waals surface area contributed by atoms with Gasteiger partial charge in [0.2, 0.25) is 17.8 Å². The minimum Gasteiger partial charge on any atom is -0.368 e. The Morgan fingerprint density at radius 1 is 1.25 bits per heavy atom. The SMILES string of the molecule is CCC1CN(C)CCCN1c1nc(N)nc(N(C)C)n1. The zero-order chi connectivity index (χ0) is 14.7. The molecule has 0 amide bonds. The van der Waals surface area contributed by atoms with Crippen molar-refractivity contribution in [2.24, 2.45) is 0 Å². The van der Waals surface area contributed by atoms with E-state index in [1.807, 2.05) is 19.0 Å². The lowest BCUT2D eigenvalue weighted by molar-refractivity contribution is 0.327. The summed E-state index contributed by atoms with van der Waals surface area (Å²) in [6.07, 6.45) is 2.17. The van der Waals surface area contributed by atoms with Crippen LogP contribution >= 0.6 is 0 Å². The van der Waals surface area contributed by atoms with E-state index in [2.05, 4.69) is 38.7 Å². The molecule has 1 aliphatic heterocycles. The fraction of sp³-hybridized carbons (Fsp3) is 0.769. The topological polar surface area (TPSA) is 74.4 Å². The highest BCUT2D eigenvalue weighted by atomic mass is 15.4. The van der Waals surface area contributed by atoms with Gasteiger partial charge >= 0.3 is 0 Å². The Hall–Kier alpha value is -1.63. The van der Waals surface area contributed by atoms with Crippen LogP contribution in [0.1, 0.15) is 19.8 Å². The zero-order valence-corrected chi connectivity index (χ0v) is 12.9. The standard InChI is InChI=1S/C13H25N7/c1-5-10-9-19(4)7-6-8-20(10)13-16-11(14)15-12(17-13)18(2)3/h10H,5-9H2,1-4H3,(H2,14,15,16,17). The van der Waals surface area contributed by atoms with Crippen LogP contribution in [0.5, 0.6) is 0 Å². The molecule has 0 radical (unpaired) electrons. The molecule has 0 aromatic carbocycles. The van der Waals surface area contributed by atoms with Crippen molar-refractivity contribution in [2.45, 2.75) is 25.8 Å². The number of nitrogen functional groups attached to an aromatic ring is 1. The second kappa shape index (κ2) is 6.21. The van der Waals surface area contributed by atoms with Crippen molar-refractivity contribution >= 4 is 17.8 Å². The van der Waals surface area contributed by atoms with E-state index < -0.39 is 0 Å². The quantitative estimate of drug-likeness (QED) is 0.860. The summed E-state index contributed by atoms with van der Waals surface area (Å²) in [7, 11) is 5.98. The second-order valence-electron chi connectivity index (χ2n) is 5.56. The van der Waals surface area contributed by atoms with E-state index in [1.165, 1.54) is 0 Å². The normalized spacial score (nSPS) is 20.8. The van der Waals surface area contributed by atoms with E-state index in [1.54, 1.807) is 0 Å². The maximum atomic E-state index is 5.83. The minimum atomic E-state index is 0.283. The summed E-state index contributed by atoms with van der Waals surface area (Å²) in [5.41, 5.74) is 5.83. The first-order valence-electron chi connectivity index (χ1n) is 7.15. The van der Waals surface area contributed by atoms with Gasteiger partial charge in [0.1, 0.15) is 0 Å². The van der Waals surface area contributed by atoms with Crippen LogP contribution in [0.4, 0.5) is 17.8 Å². The first-order chi connectivity index (χ1) is 9.51. The van der Waals surface area contributed by atoms with Gasteiger partial charge in [-0.3, -0.25) is 0 Å². The van der Waals surface area contributed by atoms with Crippen molar-refractivity contribution in [1.29, 1.82) is 0 Å². The number of hydrogen-bond donors (Lipinski definition) is 1. The van der Waals surface area contributed by atoms with Crippen molar-refractivity contribution in [3.63, 3.8) is 0 Å². The summed E-state index contributed by atoms with van der Waals surface area (Å²) in [5, 5.41) is 0. The van der Waals surface area contributed by atoms with Gasteiger partial charge in [-0.25, -0.2) is 0 Å². The zero-order valence-electron chi connectivity index (χ0n) is 12.9. The number of anilines is 3. The molecular formula is C13H25N7. The predicted octanol–water partition coefficient (Wildman–Crippen LogP) is 0.440. The highest BCUT2D eigenvalue weighted by Gasteiger charge is 2.25. The van der Waals surface area contributed by atoms with Gasteiger partial charge in [0.15, 0.2) is 0 Å². The van der Waals surface area contributed by atoms with E-state index in [-0.39, 0.29) is 5.95 Å². The molecule has 0 saturated carbocycles. The number of rotatable bonds is 3. The van der Waals surface area contributed by atoms with Gasteiger partial charge < -0.3 is 20.4 Å². The molecule has 0 aliphatic carbocycles. The Labute approximate surface area is 120 Å². The molecule has 1 aromatic rings. The molecule has 1 unspecified atom stereocenters. The van der Waals surface area contributed by atoms with Crippen LogP contribution in [0.3, 0.4) is 0 Å². The molecule has 7 nitrogen and oxygen atoms in total. The lowest BCUT2D eigenvalue weighted by Gasteiger charge is -2.30. The fourth-order valence-corrected chi connectivity index (χ4v) is 2.55. The van der Waals surface area contributed by atoms with Gasteiger partial charge in [-0.1, -0.05) is 6.92 Å². The molecule has 2 N–H and O–H groups in total. The fourth-order valence-electron chi connectivity index (χ4n) is 2.55. The molecule has 1 atom stereocenters. The molecule has 1 aromatic heterocycles. The molecule has 20 heavy (non-hydrogen) atoms. The van der Waals surface area contributed by atoms with Gasteiger partial charge in [-0.05, 0) is 26.4 Å². The summed E-state index contributed by atoms with van der Waals surface area (Å²) in [6.45, 7) is 5.29. The van der Waals surface area contributed by atoms with Crippen LogP contribution in [0.15, 0.2) is 0 Å². The van der Waals surface area contributed by atoms with E-state index >= 15 is 0 Å². The maximum Gasteiger partial charge on any atom is 0.232 e. The van der Waals surface area contributed by atoms with Crippen LogP contribution in [0, 0.1) is 0 Å². The average molecular weight is 279 g/mol. The number of aromatic nitrogens is 3. The van der Waals surface area contributed by atoms with Crippen LogP contribution in [-0.4, -0.2) is 66.7 Å². The molecule has 2 rings (SSSR count). The number of nitrogens with zero attached hydrogens (tertiary/aromatic N) is 6. The van der Waals surface area contributed by atoms with Gasteiger partial charge in [0.25, 0.3) is 0 Å². The summed E-state index contributed by atoms with van der Waals surface area (Å²) in [5.74, 6) is 1.59. The highest BCUT2D eigenvalue weighted by molar-refractivity contribution is 5.43. The maximum absolute atomic E-state index is 5.83. The van der Waals surface area contributed by atoms with E-state index in [0.29, 0.717) is 17.9 Å². The van der Waals surface area contributed by atoms with Gasteiger partial charge in [0.05, 0.1) is 0 Å². The third-order valence-electron chi connectivity index (χ3n) is 3.66. The van der Waals surface area contributed by atoms with Crippen molar-refractivity contribution in [2.75, 3.05) is 56.3 Å². The largest absolute Gasteiger partial charge is 0.368 e. The van der Waals surface area contributed by atoms with Crippen molar-refractivity contribution in [1.82, 2.24) is 19.9 Å². The second-order valence-corrected chi connectivity index (χ2v) is 5.56. The summed E-state index contributed by atoms with van der Waals surface area (Å²) in [6, 6.07) is 0.416. The summed E-state index contributed by atoms with van der Waals surface area (Å²) in [4.78, 5) is 19.5. The monoisotopic (exact) mass is 279 g/mol. The Bertz CT molecular complexity index is 448. The summed E-state index contributed by atoms with van der Waals surface area (Å²) >= 11 is 0. The third-order valence-corrected chi connectivity index (χ3v) is 3.66. The molecular weight excluding hydrogens is 254 g/mol. The van der Waals surface area contributed by atoms with E-state index in [9.17, 15) is 0 Å². The Kier molecular flexibility index (Phi) is 4.59. The molecule has 2 heterocycles. The van der Waals surface area contributed by atoms with Crippen LogP contribution in [0.25, 0.3) is 0 Å². The lowest BCUT2D eigenvalue weighted by atomic mass is 10.2. The summed E-state index contributed by atoms with van der Waals surface area (Å²) < 4.78 is 0. The predicted molar refractivity (Wildman–Crippen MR) is 82.1 cm³/mol. The number of likely N-dealkylation sites (N-methyl/N-ethyl adjacent to an activating group) is 1. The molecule has 1 saturated heterocycles. The van der Waals surface area contributed by atoms with Crippen LogP contribution in [-0.2, 0) is 0 Å². The Morgan fingerprint density at radius 2 is 2.00 bits per heavy atom. The Balaban J connectivity index is 2.32. The van der Waals surface area contributed by atoms with Crippen LogP contribution in [0.2, 0.25) is 0 Å². The highest BCUT2D eigenvalue weighted by Crippen LogP contribution is 2.20. The van der Waals surface area contributed by atoms with Crippen LogP contribution < -0.4 is 15.5 Å². The Morgan fingerprint density at radius 3 is 2.65 bits per heavy atom. The van der Waals surface area contributed by atoms with Gasteiger partial charge in [-0.15, -0.1) is 0 Å². The van der Waals surface area contributed by atoms with E-state index in [4.69, 9.17) is 5.73 Å². The third kappa shape index (κ3) is 3.27. The van der Waals surface area contributed by atoms with Crippen molar-refractivity contribution in [3.8, 4) is 0 Å². The lowest BCUT2D eigenvalue weighted by Crippen LogP contribution is -2.41. The molecule has 0 spiro atoms. The average Bonchev–Trinajstić information content (AvgIpc) is 2.59. The van der Waals surface area contributed by atoms with E-state index in [0.717, 1.165) is 32.5 Å². The number of hydrogen-bond acceptors (Lipinski definition) is 7. The van der Waals surface area contributed by atoms with Gasteiger partial charge in [-0.2, -0.15) is 15.0 Å². The molecule has 112 valence electrons. The number of nitrogens with two attached hydrogens (primary N) is 1. The first-order valence-corrected chi connectivity index (χ1v) is 7.15. The minimum absolute atomic E-state index is 0.283. The molecule has 7 heteroatoms.